The molecule has 218 valence electrons. The number of alkyl halides is 4. The number of benzene rings is 3. The molecule has 1 heterocycles. The molecular weight excluding hydrogens is 667 g/mol. The fraction of sp³-hybridized carbons (Fsp3) is 0.167. The number of nitrogens with one attached hydrogen (secondary N) is 3. The second-order valence-electron chi connectivity index (χ2n) is 9.23. The maximum absolute atomic E-state index is 13.9. The Kier molecular flexibility index (Phi) is 9.66. The lowest BCUT2D eigenvalue weighted by atomic mass is 9.80. The van der Waals surface area contributed by atoms with Crippen LogP contribution in [0.25, 0.3) is 0 Å². The third-order valence-corrected chi connectivity index (χ3v) is 6.76. The third-order valence-electron chi connectivity index (χ3n) is 6.12. The van der Waals surface area contributed by atoms with Gasteiger partial charge in [0.25, 0.3) is 0 Å². The number of amides is 3. The molecule has 1 aromatic heterocycles. The molecule has 0 fully saturated rings. The monoisotopic (exact) mass is 692 g/mol. The van der Waals surface area contributed by atoms with Crippen LogP contribution in [0.15, 0.2) is 97.2 Å². The highest BCUT2D eigenvalue weighted by Gasteiger charge is 2.44. The predicted molar refractivity (Wildman–Crippen MR) is 159 cm³/mol. The molecule has 3 aromatic carbocycles. The smallest absolute Gasteiger partial charge is 0.428 e. The first-order valence-electron chi connectivity index (χ1n) is 12.6. The highest BCUT2D eigenvalue weighted by Crippen LogP contribution is 2.36. The molecule has 4 rings (SSSR count). The minimum atomic E-state index is -4.74. The van der Waals surface area contributed by atoms with Crippen LogP contribution in [0.1, 0.15) is 23.7 Å². The lowest BCUT2D eigenvalue weighted by molar-refractivity contribution is -0.253. The summed E-state index contributed by atoms with van der Waals surface area (Å²) in [5.74, 6) is -0.873. The highest BCUT2D eigenvalue weighted by molar-refractivity contribution is 14.1. The van der Waals surface area contributed by atoms with Crippen molar-refractivity contribution in [2.45, 2.75) is 31.4 Å². The van der Waals surface area contributed by atoms with Crippen LogP contribution >= 0.6 is 22.6 Å². The zero-order chi connectivity index (χ0) is 30.3. The summed E-state index contributed by atoms with van der Waals surface area (Å²) in [6.07, 6.45) is -7.12. The van der Waals surface area contributed by atoms with Crippen molar-refractivity contribution in [2.75, 3.05) is 10.6 Å². The number of hydrogen-bond donors (Lipinski definition) is 3. The Bertz CT molecular complexity index is 1540. The normalized spacial score (nSPS) is 12.7. The third kappa shape index (κ3) is 7.55. The molecule has 0 bridgehead atoms. The summed E-state index contributed by atoms with van der Waals surface area (Å²) < 4.78 is 58.8. The largest absolute Gasteiger partial charge is 0.461 e. The summed E-state index contributed by atoms with van der Waals surface area (Å²) in [5.41, 5.74) is 0.482. The van der Waals surface area contributed by atoms with Gasteiger partial charge < -0.3 is 20.7 Å². The van der Waals surface area contributed by atoms with Gasteiger partial charge in [-0.25, -0.2) is 4.79 Å². The predicted octanol–water partition coefficient (Wildman–Crippen LogP) is 7.19. The molecule has 0 aliphatic rings. The molecule has 0 saturated carbocycles. The summed E-state index contributed by atoms with van der Waals surface area (Å²) in [6, 6.07) is 23.5. The zero-order valence-electron chi connectivity index (χ0n) is 22.1. The van der Waals surface area contributed by atoms with Crippen molar-refractivity contribution < 1.29 is 31.9 Å². The van der Waals surface area contributed by atoms with Crippen LogP contribution in [0.3, 0.4) is 0 Å². The number of hydrogen-bond acceptors (Lipinski definition) is 4. The Morgan fingerprint density at radius 3 is 2.19 bits per heavy atom. The fourth-order valence-electron chi connectivity index (χ4n) is 4.32. The topological polar surface area (TPSA) is 92.4 Å². The average molecular weight is 692 g/mol. The van der Waals surface area contributed by atoms with Crippen molar-refractivity contribution in [1.29, 1.82) is 0 Å². The number of pyridine rings is 1. The number of rotatable bonds is 10. The first kappa shape index (κ1) is 30.8. The Balaban J connectivity index is 1.84. The molecule has 0 spiro atoms. The lowest BCUT2D eigenvalue weighted by Crippen LogP contribution is -2.50. The van der Waals surface area contributed by atoms with Gasteiger partial charge in [0.15, 0.2) is 0 Å². The Morgan fingerprint density at radius 2 is 1.57 bits per heavy atom. The van der Waals surface area contributed by atoms with Gasteiger partial charge in [-0.05, 0) is 70.1 Å². The van der Waals surface area contributed by atoms with Crippen LogP contribution in [0.5, 0.6) is 5.75 Å². The van der Waals surface area contributed by atoms with Gasteiger partial charge in [0.1, 0.15) is 11.3 Å². The van der Waals surface area contributed by atoms with Gasteiger partial charge in [0, 0.05) is 23.1 Å². The number of carbonyl (C=O) groups excluding carboxylic acids is 2. The van der Waals surface area contributed by atoms with Crippen LogP contribution in [0, 0.1) is 3.57 Å². The quantitative estimate of drug-likeness (QED) is 0.121. The summed E-state index contributed by atoms with van der Waals surface area (Å²) in [4.78, 5) is 29.9. The van der Waals surface area contributed by atoms with Gasteiger partial charge in [-0.2, -0.15) is 17.6 Å². The summed E-state index contributed by atoms with van der Waals surface area (Å²) in [5, 5.41) is 8.33. The van der Waals surface area contributed by atoms with E-state index in [4.69, 9.17) is 0 Å². The molecule has 3 amide bonds. The molecule has 42 heavy (non-hydrogen) atoms. The van der Waals surface area contributed by atoms with Gasteiger partial charge in [-0.15, -0.1) is 0 Å². The van der Waals surface area contributed by atoms with E-state index in [0.717, 1.165) is 15.2 Å². The van der Waals surface area contributed by atoms with E-state index in [-0.39, 0.29) is 17.9 Å². The summed E-state index contributed by atoms with van der Waals surface area (Å²) in [7, 11) is 0. The average Bonchev–Trinajstić information content (AvgIpc) is 2.94. The molecule has 4 aromatic rings. The Hall–Kier alpha value is -4.20. The lowest BCUT2D eigenvalue weighted by Gasteiger charge is -2.36. The SMILES string of the molecule is CC(=O)Nc1ccccc1NC(=O)N[C@@](Cc1ccccc1)(c1cccc(OC(F)(F)C(F)F)c1)c1ccc(I)cn1. The molecular formula is C30H25F4IN4O3. The van der Waals surface area contributed by atoms with Crippen LogP contribution in [0.4, 0.5) is 33.7 Å². The number of anilines is 2. The van der Waals surface area contributed by atoms with Crippen molar-refractivity contribution >= 4 is 45.9 Å². The molecule has 1 atom stereocenters. The van der Waals surface area contributed by atoms with Crippen molar-refractivity contribution in [3.63, 3.8) is 0 Å². The molecule has 12 heteroatoms. The number of halogens is 5. The Labute approximate surface area is 252 Å². The second kappa shape index (κ2) is 13.2. The number of nitrogens with zero attached hydrogens (tertiary/aromatic N) is 1. The molecule has 7 nitrogen and oxygen atoms in total. The van der Waals surface area contributed by atoms with E-state index in [0.29, 0.717) is 17.1 Å². The second-order valence-corrected chi connectivity index (χ2v) is 10.5. The molecule has 0 unspecified atom stereocenters. The summed E-state index contributed by atoms with van der Waals surface area (Å²) >= 11 is 2.07. The van der Waals surface area contributed by atoms with E-state index in [1.54, 1.807) is 60.8 Å². The van der Waals surface area contributed by atoms with Gasteiger partial charge in [0.2, 0.25) is 5.91 Å². The number of urea groups is 1. The van der Waals surface area contributed by atoms with Crippen molar-refractivity contribution in [2.24, 2.45) is 0 Å². The number of aromatic nitrogens is 1. The fourth-order valence-corrected chi connectivity index (χ4v) is 4.64. The van der Waals surface area contributed by atoms with E-state index in [9.17, 15) is 27.2 Å². The molecule has 0 radical (unpaired) electrons. The van der Waals surface area contributed by atoms with E-state index in [2.05, 4.69) is 48.3 Å². The summed E-state index contributed by atoms with van der Waals surface area (Å²) in [6.45, 7) is 1.33. The van der Waals surface area contributed by atoms with Crippen LogP contribution in [-0.2, 0) is 16.8 Å². The van der Waals surface area contributed by atoms with E-state index >= 15 is 0 Å². The molecule has 3 N–H and O–H groups in total. The number of ether oxygens (including phenoxy) is 1. The molecule has 0 aliphatic heterocycles. The number of para-hydroxylation sites is 2. The van der Waals surface area contributed by atoms with Crippen LogP contribution in [0.2, 0.25) is 0 Å². The van der Waals surface area contributed by atoms with Gasteiger partial charge in [0.05, 0.1) is 17.1 Å². The molecule has 0 aliphatic carbocycles. The van der Waals surface area contributed by atoms with Crippen molar-refractivity contribution in [1.82, 2.24) is 10.3 Å². The van der Waals surface area contributed by atoms with Gasteiger partial charge in [-0.3, -0.25) is 9.78 Å². The van der Waals surface area contributed by atoms with Crippen LogP contribution < -0.4 is 20.7 Å². The van der Waals surface area contributed by atoms with E-state index < -0.39 is 29.9 Å². The van der Waals surface area contributed by atoms with Gasteiger partial charge in [-0.1, -0.05) is 54.6 Å². The highest BCUT2D eigenvalue weighted by atomic mass is 127. The maximum Gasteiger partial charge on any atom is 0.461 e. The van der Waals surface area contributed by atoms with Gasteiger partial charge >= 0.3 is 18.6 Å². The number of carbonyl (C=O) groups is 2. The first-order chi connectivity index (χ1) is 20.0. The molecule has 0 saturated heterocycles. The minimum Gasteiger partial charge on any atom is -0.428 e. The van der Waals surface area contributed by atoms with E-state index in [1.807, 2.05) is 18.2 Å². The zero-order valence-corrected chi connectivity index (χ0v) is 24.2. The first-order valence-corrected chi connectivity index (χ1v) is 13.6. The maximum atomic E-state index is 13.9. The van der Waals surface area contributed by atoms with E-state index in [1.165, 1.54) is 19.1 Å². The minimum absolute atomic E-state index is 0.0941. The van der Waals surface area contributed by atoms with Crippen molar-refractivity contribution in [3.8, 4) is 5.75 Å². The Morgan fingerprint density at radius 1 is 0.905 bits per heavy atom. The van der Waals surface area contributed by atoms with Crippen LogP contribution in [-0.4, -0.2) is 29.5 Å². The standard InChI is InChI=1S/C30H25F4IN4O3/c1-19(40)37-24-12-5-6-13-25(24)38-28(41)39-29(17-20-8-3-2-4-9-20,26-15-14-22(35)18-36-26)21-10-7-11-23(16-21)42-30(33,34)27(31)32/h2-16,18,27H,17H2,1H3,(H,37,40)(H2,38,39,41)/t29-/m0/s1. The van der Waals surface area contributed by atoms with Crippen molar-refractivity contribution in [3.05, 3.63) is 118 Å².